The number of unbranched alkanes of at least 4 members (excludes halogenated alkanes) is 1. The van der Waals surface area contributed by atoms with Gasteiger partial charge in [-0.1, -0.05) is 20.3 Å². The van der Waals surface area contributed by atoms with Crippen molar-refractivity contribution < 1.29 is 42.1 Å². The van der Waals surface area contributed by atoms with Crippen LogP contribution in [0.1, 0.15) is 60.3 Å². The van der Waals surface area contributed by atoms with Gasteiger partial charge in [-0.25, -0.2) is 0 Å². The van der Waals surface area contributed by atoms with Crippen molar-refractivity contribution in [1.29, 1.82) is 0 Å². The molecule has 184 valence electrons. The maximum absolute atomic E-state index is 12.7. The molecule has 0 N–H and O–H groups in total. The Bertz CT molecular complexity index is 617. The molecule has 0 bridgehead atoms. The Morgan fingerprint density at radius 2 is 1.45 bits per heavy atom. The van der Waals surface area contributed by atoms with Gasteiger partial charge in [0, 0.05) is 0 Å². The molecular formula is C21H42NO8P. The number of likely N-dealkylation sites (N-methyl/N-ethyl adjacent to an activating group) is 1. The molecule has 0 radical (unpaired) electrons. The summed E-state index contributed by atoms with van der Waals surface area (Å²) in [5.41, 5.74) is -1.78. The number of carbonyl (C=O) groups excluding carboxylic acids is 2. The maximum Gasteiger partial charge on any atom is 0.311 e. The highest BCUT2D eigenvalue weighted by Crippen LogP contribution is 2.39. The first-order valence-corrected chi connectivity index (χ1v) is 12.3. The lowest BCUT2D eigenvalue weighted by Gasteiger charge is -2.33. The van der Waals surface area contributed by atoms with E-state index < -0.39 is 24.6 Å². The highest BCUT2D eigenvalue weighted by atomic mass is 31.2. The van der Waals surface area contributed by atoms with Crippen LogP contribution in [0.2, 0.25) is 0 Å². The van der Waals surface area contributed by atoms with Crippen LogP contribution in [0.15, 0.2) is 0 Å². The number of ether oxygens (including phenoxy) is 2. The molecule has 0 saturated carbocycles. The lowest BCUT2D eigenvalue weighted by molar-refractivity contribution is -0.870. The number of hydrogen-bond donors (Lipinski definition) is 0. The molecule has 0 amide bonds. The SMILES string of the molecule is CCCCOC(=O)C(C)(C)CC(C)(CC)C(=O)OCCOP(=O)([O-])OCC[N+](C)(C)C. The van der Waals surface area contributed by atoms with E-state index in [0.717, 1.165) is 12.8 Å². The molecule has 0 fully saturated rings. The fourth-order valence-corrected chi connectivity index (χ4v) is 3.49. The van der Waals surface area contributed by atoms with Crippen molar-refractivity contribution in [1.82, 2.24) is 0 Å². The van der Waals surface area contributed by atoms with Crippen molar-refractivity contribution in [2.75, 3.05) is 54.1 Å². The fourth-order valence-electron chi connectivity index (χ4n) is 2.82. The van der Waals surface area contributed by atoms with Gasteiger partial charge in [0.25, 0.3) is 7.82 Å². The third kappa shape index (κ3) is 12.6. The van der Waals surface area contributed by atoms with Gasteiger partial charge in [0.2, 0.25) is 0 Å². The summed E-state index contributed by atoms with van der Waals surface area (Å²) in [5, 5.41) is 0. The zero-order chi connectivity index (χ0) is 24.3. The van der Waals surface area contributed by atoms with E-state index in [-0.39, 0.29) is 32.2 Å². The minimum atomic E-state index is -4.46. The second kappa shape index (κ2) is 12.9. The van der Waals surface area contributed by atoms with Gasteiger partial charge in [-0.15, -0.1) is 0 Å². The summed E-state index contributed by atoms with van der Waals surface area (Å²) in [5.74, 6) is -0.866. The zero-order valence-electron chi connectivity index (χ0n) is 20.5. The van der Waals surface area contributed by atoms with Gasteiger partial charge in [0.05, 0.1) is 45.2 Å². The van der Waals surface area contributed by atoms with E-state index in [1.54, 1.807) is 20.8 Å². The second-order valence-corrected chi connectivity index (χ2v) is 11.1. The lowest BCUT2D eigenvalue weighted by Crippen LogP contribution is -2.39. The van der Waals surface area contributed by atoms with Crippen LogP contribution >= 0.6 is 7.82 Å². The molecule has 2 unspecified atom stereocenters. The van der Waals surface area contributed by atoms with Gasteiger partial charge in [-0.3, -0.25) is 14.2 Å². The largest absolute Gasteiger partial charge is 0.756 e. The predicted octanol–water partition coefficient (Wildman–Crippen LogP) is 2.91. The normalized spacial score (nSPS) is 16.3. The first-order chi connectivity index (χ1) is 14.1. The molecule has 0 aliphatic carbocycles. The summed E-state index contributed by atoms with van der Waals surface area (Å²) in [6, 6.07) is 0. The third-order valence-corrected chi connectivity index (χ3v) is 5.96. The molecule has 9 nitrogen and oxygen atoms in total. The smallest absolute Gasteiger partial charge is 0.311 e. The van der Waals surface area contributed by atoms with Gasteiger partial charge in [-0.05, 0) is 40.0 Å². The number of phosphoric acid groups is 1. The Kier molecular flexibility index (Phi) is 12.5. The van der Waals surface area contributed by atoms with Gasteiger partial charge in [0.15, 0.2) is 0 Å². The monoisotopic (exact) mass is 467 g/mol. The van der Waals surface area contributed by atoms with Crippen LogP contribution in [-0.2, 0) is 32.7 Å². The predicted molar refractivity (Wildman–Crippen MR) is 116 cm³/mol. The van der Waals surface area contributed by atoms with Gasteiger partial charge in [0.1, 0.15) is 19.8 Å². The number of quaternary nitrogens is 1. The van der Waals surface area contributed by atoms with Crippen LogP contribution in [0.5, 0.6) is 0 Å². The fraction of sp³-hybridized carbons (Fsp3) is 0.905. The third-order valence-electron chi connectivity index (χ3n) is 4.97. The minimum Gasteiger partial charge on any atom is -0.756 e. The molecule has 0 aliphatic rings. The molecule has 31 heavy (non-hydrogen) atoms. The van der Waals surface area contributed by atoms with E-state index in [1.807, 2.05) is 35.0 Å². The number of nitrogens with zero attached hydrogens (tertiary/aromatic N) is 1. The first-order valence-electron chi connectivity index (χ1n) is 10.8. The van der Waals surface area contributed by atoms with Crippen LogP contribution in [0.3, 0.4) is 0 Å². The molecule has 0 saturated heterocycles. The van der Waals surface area contributed by atoms with Crippen molar-refractivity contribution in [3.63, 3.8) is 0 Å². The lowest BCUT2D eigenvalue weighted by atomic mass is 9.72. The van der Waals surface area contributed by atoms with E-state index in [9.17, 15) is 19.0 Å². The van der Waals surface area contributed by atoms with E-state index >= 15 is 0 Å². The van der Waals surface area contributed by atoms with Crippen LogP contribution in [-0.4, -0.2) is 70.5 Å². The van der Waals surface area contributed by atoms with Crippen molar-refractivity contribution >= 4 is 19.8 Å². The molecular weight excluding hydrogens is 425 g/mol. The maximum atomic E-state index is 12.7. The summed E-state index contributed by atoms with van der Waals surface area (Å²) < 4.78 is 32.4. The Morgan fingerprint density at radius 3 is 1.97 bits per heavy atom. The topological polar surface area (TPSA) is 111 Å². The van der Waals surface area contributed by atoms with Crippen molar-refractivity contribution in [2.24, 2.45) is 10.8 Å². The number of esters is 2. The summed E-state index contributed by atoms with van der Waals surface area (Å²) in [4.78, 5) is 36.8. The van der Waals surface area contributed by atoms with Gasteiger partial charge in [-0.2, -0.15) is 0 Å². The number of rotatable bonds is 16. The van der Waals surface area contributed by atoms with Crippen LogP contribution in [0.4, 0.5) is 0 Å². The number of phosphoric ester groups is 1. The van der Waals surface area contributed by atoms with Gasteiger partial charge >= 0.3 is 11.9 Å². The minimum absolute atomic E-state index is 0.00140. The van der Waals surface area contributed by atoms with E-state index in [1.165, 1.54) is 0 Å². The zero-order valence-corrected chi connectivity index (χ0v) is 21.4. The standard InChI is InChI=1S/C21H42NO8P/c1-9-11-13-27-18(23)20(3,4)17-21(5,10-2)19(24)28-15-16-30-31(25,26)29-14-12-22(6,7)8/h9-17H2,1-8H3. The molecule has 10 heteroatoms. The quantitative estimate of drug-likeness (QED) is 0.147. The second-order valence-electron chi connectivity index (χ2n) is 9.73. The number of carbonyl (C=O) groups is 2. The average Bonchev–Trinajstić information content (AvgIpc) is 2.63. The Labute approximate surface area is 187 Å². The summed E-state index contributed by atoms with van der Waals surface area (Å²) in [6.45, 7) is 9.34. The Hall–Kier alpha value is -0.990. The molecule has 0 aromatic heterocycles. The molecule has 0 aromatic carbocycles. The van der Waals surface area contributed by atoms with Crippen molar-refractivity contribution in [3.05, 3.63) is 0 Å². The molecule has 2 atom stereocenters. The van der Waals surface area contributed by atoms with Crippen LogP contribution < -0.4 is 4.89 Å². The molecule has 0 rings (SSSR count). The Morgan fingerprint density at radius 1 is 0.903 bits per heavy atom. The summed E-state index contributed by atoms with van der Waals surface area (Å²) >= 11 is 0. The van der Waals surface area contributed by atoms with Crippen molar-refractivity contribution in [3.8, 4) is 0 Å². The van der Waals surface area contributed by atoms with Crippen LogP contribution in [0.25, 0.3) is 0 Å². The molecule has 0 heterocycles. The number of hydrogen-bond acceptors (Lipinski definition) is 8. The summed E-state index contributed by atoms with van der Waals surface area (Å²) in [7, 11) is 1.28. The van der Waals surface area contributed by atoms with E-state index in [4.69, 9.17) is 18.5 Å². The van der Waals surface area contributed by atoms with Gasteiger partial charge < -0.3 is 27.9 Å². The van der Waals surface area contributed by atoms with Crippen LogP contribution in [0, 0.1) is 10.8 Å². The van der Waals surface area contributed by atoms with E-state index in [0.29, 0.717) is 24.1 Å². The van der Waals surface area contributed by atoms with E-state index in [2.05, 4.69) is 0 Å². The Balaban J connectivity index is 4.61. The summed E-state index contributed by atoms with van der Waals surface area (Å²) in [6.07, 6.45) is 2.41. The highest BCUT2D eigenvalue weighted by molar-refractivity contribution is 7.45. The molecule has 0 aromatic rings. The highest BCUT2D eigenvalue weighted by Gasteiger charge is 2.42. The average molecular weight is 468 g/mol. The molecule has 0 aliphatic heterocycles. The first kappa shape index (κ1) is 30.0. The molecule has 0 spiro atoms. The van der Waals surface area contributed by atoms with Crippen molar-refractivity contribution in [2.45, 2.75) is 60.3 Å².